The molecule has 2 unspecified atom stereocenters. The Bertz CT molecular complexity index is 281. The molecule has 3 heteroatoms. The van der Waals surface area contributed by atoms with Crippen molar-refractivity contribution in [3.8, 4) is 0 Å². The second kappa shape index (κ2) is 4.66. The molecule has 0 aliphatic rings. The summed E-state index contributed by atoms with van der Waals surface area (Å²) in [5.41, 5.74) is 0.740. The SMILES string of the molecule is C=CC(Cl)C(O)c1ccc(Cl)cc1. The highest BCUT2D eigenvalue weighted by molar-refractivity contribution is 6.30. The van der Waals surface area contributed by atoms with Gasteiger partial charge < -0.3 is 5.11 Å². The minimum absolute atomic E-state index is 0.471. The van der Waals surface area contributed by atoms with Crippen LogP contribution in [0.25, 0.3) is 0 Å². The van der Waals surface area contributed by atoms with Crippen molar-refractivity contribution in [2.75, 3.05) is 0 Å². The van der Waals surface area contributed by atoms with E-state index in [0.29, 0.717) is 5.02 Å². The van der Waals surface area contributed by atoms with Crippen molar-refractivity contribution >= 4 is 23.2 Å². The van der Waals surface area contributed by atoms with Crippen molar-refractivity contribution in [1.29, 1.82) is 0 Å². The molecule has 0 spiro atoms. The average Bonchev–Trinajstić information content (AvgIpc) is 2.17. The van der Waals surface area contributed by atoms with Gasteiger partial charge in [0.25, 0.3) is 0 Å². The monoisotopic (exact) mass is 216 g/mol. The molecular formula is C10H10Cl2O. The van der Waals surface area contributed by atoms with Gasteiger partial charge in [-0.05, 0) is 17.7 Å². The summed E-state index contributed by atoms with van der Waals surface area (Å²) in [5, 5.41) is 9.80. The van der Waals surface area contributed by atoms with E-state index in [1.54, 1.807) is 24.3 Å². The van der Waals surface area contributed by atoms with Crippen molar-refractivity contribution in [2.45, 2.75) is 11.5 Å². The molecule has 2 atom stereocenters. The van der Waals surface area contributed by atoms with E-state index >= 15 is 0 Å². The molecule has 0 saturated carbocycles. The second-order valence-corrected chi connectivity index (χ2v) is 3.62. The van der Waals surface area contributed by atoms with E-state index in [1.165, 1.54) is 6.08 Å². The maximum Gasteiger partial charge on any atom is 0.0988 e. The fourth-order valence-electron chi connectivity index (χ4n) is 0.973. The number of hydrogen-bond donors (Lipinski definition) is 1. The van der Waals surface area contributed by atoms with Gasteiger partial charge in [0.15, 0.2) is 0 Å². The first-order chi connectivity index (χ1) is 6.15. The Morgan fingerprint density at radius 3 is 2.31 bits per heavy atom. The zero-order valence-corrected chi connectivity index (χ0v) is 8.46. The van der Waals surface area contributed by atoms with Gasteiger partial charge in [0, 0.05) is 5.02 Å². The molecule has 0 radical (unpaired) electrons. The number of aliphatic hydroxyl groups excluding tert-OH is 1. The van der Waals surface area contributed by atoms with Crippen LogP contribution in [0.15, 0.2) is 36.9 Å². The molecule has 0 saturated heterocycles. The number of alkyl halides is 1. The van der Waals surface area contributed by atoms with Gasteiger partial charge in [-0.15, -0.1) is 18.2 Å². The van der Waals surface area contributed by atoms with Crippen LogP contribution in [0.1, 0.15) is 11.7 Å². The van der Waals surface area contributed by atoms with Gasteiger partial charge in [-0.25, -0.2) is 0 Å². The lowest BCUT2D eigenvalue weighted by atomic mass is 10.1. The third-order valence-corrected chi connectivity index (χ3v) is 2.41. The summed E-state index contributed by atoms with van der Waals surface area (Å²) in [6.45, 7) is 3.51. The van der Waals surface area contributed by atoms with E-state index < -0.39 is 11.5 Å². The first-order valence-electron chi connectivity index (χ1n) is 3.85. The first kappa shape index (κ1) is 10.6. The molecule has 0 fully saturated rings. The molecule has 0 bridgehead atoms. The van der Waals surface area contributed by atoms with Gasteiger partial charge in [0.1, 0.15) is 0 Å². The Hall–Kier alpha value is -0.500. The first-order valence-corrected chi connectivity index (χ1v) is 4.66. The maximum absolute atomic E-state index is 9.63. The summed E-state index contributed by atoms with van der Waals surface area (Å²) < 4.78 is 0. The van der Waals surface area contributed by atoms with Crippen LogP contribution < -0.4 is 0 Å². The van der Waals surface area contributed by atoms with E-state index in [1.807, 2.05) is 0 Å². The fraction of sp³-hybridized carbons (Fsp3) is 0.200. The van der Waals surface area contributed by atoms with Crippen LogP contribution in [0.2, 0.25) is 5.02 Å². The largest absolute Gasteiger partial charge is 0.387 e. The molecule has 1 nitrogen and oxygen atoms in total. The van der Waals surface area contributed by atoms with E-state index in [9.17, 15) is 5.11 Å². The van der Waals surface area contributed by atoms with Crippen molar-refractivity contribution in [3.05, 3.63) is 47.5 Å². The van der Waals surface area contributed by atoms with Gasteiger partial charge in [0.05, 0.1) is 11.5 Å². The van der Waals surface area contributed by atoms with Gasteiger partial charge in [-0.3, -0.25) is 0 Å². The summed E-state index contributed by atoms with van der Waals surface area (Å²) in [6, 6.07) is 6.91. The molecule has 1 rings (SSSR count). The topological polar surface area (TPSA) is 20.2 Å². The average molecular weight is 217 g/mol. The Morgan fingerprint density at radius 1 is 1.31 bits per heavy atom. The predicted molar refractivity (Wildman–Crippen MR) is 56.2 cm³/mol. The Kier molecular flexibility index (Phi) is 3.79. The highest BCUT2D eigenvalue weighted by atomic mass is 35.5. The third-order valence-electron chi connectivity index (χ3n) is 1.74. The number of halogens is 2. The zero-order valence-electron chi connectivity index (χ0n) is 6.95. The third kappa shape index (κ3) is 2.73. The lowest BCUT2D eigenvalue weighted by Gasteiger charge is -2.13. The molecule has 0 aromatic heterocycles. The summed E-state index contributed by atoms with van der Waals surface area (Å²) in [5.74, 6) is 0. The summed E-state index contributed by atoms with van der Waals surface area (Å²) in [4.78, 5) is 0. The fourth-order valence-corrected chi connectivity index (χ4v) is 1.24. The van der Waals surface area contributed by atoms with Crippen LogP contribution >= 0.6 is 23.2 Å². The van der Waals surface area contributed by atoms with Crippen LogP contribution in [0.3, 0.4) is 0 Å². The standard InChI is InChI=1S/C10H10Cl2O/c1-2-9(12)10(13)7-3-5-8(11)6-4-7/h2-6,9-10,13H,1H2. The summed E-state index contributed by atoms with van der Waals surface area (Å²) in [6.07, 6.45) is 0.775. The summed E-state index contributed by atoms with van der Waals surface area (Å²) >= 11 is 11.5. The molecule has 1 N–H and O–H groups in total. The van der Waals surface area contributed by atoms with Crippen LogP contribution in [0.4, 0.5) is 0 Å². The van der Waals surface area contributed by atoms with Gasteiger partial charge >= 0.3 is 0 Å². The van der Waals surface area contributed by atoms with Crippen molar-refractivity contribution in [2.24, 2.45) is 0 Å². The quantitative estimate of drug-likeness (QED) is 0.609. The zero-order chi connectivity index (χ0) is 9.84. The molecule has 70 valence electrons. The highest BCUT2D eigenvalue weighted by Gasteiger charge is 2.14. The van der Waals surface area contributed by atoms with E-state index in [-0.39, 0.29) is 0 Å². The van der Waals surface area contributed by atoms with Gasteiger partial charge in [-0.2, -0.15) is 0 Å². The molecule has 13 heavy (non-hydrogen) atoms. The minimum atomic E-state index is -0.726. The van der Waals surface area contributed by atoms with Crippen molar-refractivity contribution < 1.29 is 5.11 Å². The molecule has 0 aliphatic carbocycles. The molecule has 0 aliphatic heterocycles. The lowest BCUT2D eigenvalue weighted by Crippen LogP contribution is -2.08. The predicted octanol–water partition coefficient (Wildman–Crippen LogP) is 3.17. The van der Waals surface area contributed by atoms with E-state index in [0.717, 1.165) is 5.56 Å². The molecule has 0 amide bonds. The van der Waals surface area contributed by atoms with Crippen molar-refractivity contribution in [3.63, 3.8) is 0 Å². The normalized spacial score (nSPS) is 15.0. The molecule has 0 heterocycles. The smallest absolute Gasteiger partial charge is 0.0988 e. The molecular weight excluding hydrogens is 207 g/mol. The lowest BCUT2D eigenvalue weighted by molar-refractivity contribution is 0.185. The van der Waals surface area contributed by atoms with Gasteiger partial charge in [-0.1, -0.05) is 29.8 Å². The van der Waals surface area contributed by atoms with Crippen LogP contribution in [0.5, 0.6) is 0 Å². The number of aliphatic hydroxyl groups is 1. The van der Waals surface area contributed by atoms with Crippen molar-refractivity contribution in [1.82, 2.24) is 0 Å². The van der Waals surface area contributed by atoms with E-state index in [4.69, 9.17) is 23.2 Å². The van der Waals surface area contributed by atoms with Crippen LogP contribution in [0, 0.1) is 0 Å². The van der Waals surface area contributed by atoms with E-state index in [2.05, 4.69) is 6.58 Å². The Balaban J connectivity index is 2.82. The highest BCUT2D eigenvalue weighted by Crippen LogP contribution is 2.22. The maximum atomic E-state index is 9.63. The van der Waals surface area contributed by atoms with Gasteiger partial charge in [0.2, 0.25) is 0 Å². The summed E-state index contributed by atoms with van der Waals surface area (Å²) in [7, 11) is 0. The number of benzene rings is 1. The Morgan fingerprint density at radius 2 is 1.85 bits per heavy atom. The number of hydrogen-bond acceptors (Lipinski definition) is 1. The van der Waals surface area contributed by atoms with Crippen LogP contribution in [-0.2, 0) is 0 Å². The minimum Gasteiger partial charge on any atom is -0.387 e. The molecule has 1 aromatic rings. The Labute approximate surface area is 87.6 Å². The number of rotatable bonds is 3. The second-order valence-electron chi connectivity index (χ2n) is 2.68. The van der Waals surface area contributed by atoms with Crippen LogP contribution in [-0.4, -0.2) is 10.5 Å². The molecule has 1 aromatic carbocycles.